The molecule has 0 radical (unpaired) electrons. The van der Waals surface area contributed by atoms with Gasteiger partial charge < -0.3 is 10.4 Å². The fraction of sp³-hybridized carbons (Fsp3) is 0.353. The second-order valence-corrected chi connectivity index (χ2v) is 5.84. The van der Waals surface area contributed by atoms with E-state index in [1.807, 2.05) is 0 Å². The first-order chi connectivity index (χ1) is 11.6. The molecule has 0 saturated carbocycles. The van der Waals surface area contributed by atoms with Crippen LogP contribution in [0.3, 0.4) is 0 Å². The summed E-state index contributed by atoms with van der Waals surface area (Å²) in [6, 6.07) is 5.05. The summed E-state index contributed by atoms with van der Waals surface area (Å²) in [5.41, 5.74) is 2.21. The molecule has 0 saturated heterocycles. The minimum absolute atomic E-state index is 0.0251. The standard InChI is InChI=1S/C17H18FN3O3/c18-11-7-5-10(6-8-11)15(22)17(24)19-9-13-12-3-1-2-4-14(12)20-21-16(13)23/h5-8,15,22H,1-4,9H2,(H,19,24)(H,21,23)/t15-/m1/s1. The second kappa shape index (κ2) is 6.92. The Morgan fingerprint density at radius 1 is 1.29 bits per heavy atom. The number of fused-ring (bicyclic) bond motifs is 1. The van der Waals surface area contributed by atoms with E-state index in [-0.39, 0.29) is 12.1 Å². The van der Waals surface area contributed by atoms with Crippen molar-refractivity contribution in [3.63, 3.8) is 0 Å². The summed E-state index contributed by atoms with van der Waals surface area (Å²) in [6.45, 7) is 0.0251. The quantitative estimate of drug-likeness (QED) is 0.783. The third-order valence-electron chi connectivity index (χ3n) is 4.24. The van der Waals surface area contributed by atoms with Crippen LogP contribution in [0.2, 0.25) is 0 Å². The van der Waals surface area contributed by atoms with Crippen LogP contribution in [0.4, 0.5) is 4.39 Å². The predicted molar refractivity (Wildman–Crippen MR) is 84.7 cm³/mol. The predicted octanol–water partition coefficient (Wildman–Crippen LogP) is 1.14. The van der Waals surface area contributed by atoms with E-state index in [1.54, 1.807) is 0 Å². The van der Waals surface area contributed by atoms with Crippen molar-refractivity contribution >= 4 is 5.91 Å². The highest BCUT2D eigenvalue weighted by Gasteiger charge is 2.21. The van der Waals surface area contributed by atoms with Crippen molar-refractivity contribution in [3.05, 3.63) is 62.8 Å². The van der Waals surface area contributed by atoms with Crippen LogP contribution in [0, 0.1) is 5.82 Å². The van der Waals surface area contributed by atoms with Crippen LogP contribution in [-0.2, 0) is 24.2 Å². The average Bonchev–Trinajstić information content (AvgIpc) is 2.60. The number of hydrogen-bond donors (Lipinski definition) is 3. The Bertz CT molecular complexity index is 802. The van der Waals surface area contributed by atoms with Gasteiger partial charge in [-0.3, -0.25) is 9.59 Å². The molecule has 2 aromatic rings. The van der Waals surface area contributed by atoms with E-state index in [9.17, 15) is 19.1 Å². The normalized spacial score (nSPS) is 14.8. The van der Waals surface area contributed by atoms with Crippen molar-refractivity contribution in [2.24, 2.45) is 0 Å². The molecule has 1 aromatic heterocycles. The van der Waals surface area contributed by atoms with E-state index < -0.39 is 17.8 Å². The number of carbonyl (C=O) groups is 1. The van der Waals surface area contributed by atoms with Gasteiger partial charge in [0, 0.05) is 12.1 Å². The summed E-state index contributed by atoms with van der Waals surface area (Å²) >= 11 is 0. The molecule has 1 aliphatic carbocycles. The summed E-state index contributed by atoms with van der Waals surface area (Å²) in [4.78, 5) is 24.1. The topological polar surface area (TPSA) is 95.1 Å². The van der Waals surface area contributed by atoms with E-state index in [2.05, 4.69) is 15.5 Å². The molecule has 3 rings (SSSR count). The molecule has 1 heterocycles. The van der Waals surface area contributed by atoms with Gasteiger partial charge in [0.15, 0.2) is 6.10 Å². The molecule has 0 aliphatic heterocycles. The van der Waals surface area contributed by atoms with Gasteiger partial charge in [0.2, 0.25) is 0 Å². The zero-order valence-corrected chi connectivity index (χ0v) is 13.0. The lowest BCUT2D eigenvalue weighted by molar-refractivity contribution is -0.129. The lowest BCUT2D eigenvalue weighted by atomic mass is 9.93. The van der Waals surface area contributed by atoms with Crippen LogP contribution < -0.4 is 10.9 Å². The SMILES string of the molecule is O=C(NCc1c2c(n[nH]c1=O)CCCC2)[C@H](O)c1ccc(F)cc1. The third-order valence-corrected chi connectivity index (χ3v) is 4.24. The average molecular weight is 331 g/mol. The van der Waals surface area contributed by atoms with Crippen LogP contribution in [0.1, 0.15) is 41.3 Å². The number of nitrogens with zero attached hydrogens (tertiary/aromatic N) is 1. The highest BCUT2D eigenvalue weighted by Crippen LogP contribution is 2.20. The number of rotatable bonds is 4. The van der Waals surface area contributed by atoms with Gasteiger partial charge in [-0.2, -0.15) is 5.10 Å². The van der Waals surface area contributed by atoms with Gasteiger partial charge in [-0.1, -0.05) is 12.1 Å². The van der Waals surface area contributed by atoms with Crippen LogP contribution in [0.5, 0.6) is 0 Å². The zero-order valence-electron chi connectivity index (χ0n) is 13.0. The largest absolute Gasteiger partial charge is 0.378 e. The number of carbonyl (C=O) groups excluding carboxylic acids is 1. The Balaban J connectivity index is 1.72. The molecule has 7 heteroatoms. The first kappa shape index (κ1) is 16.3. The van der Waals surface area contributed by atoms with E-state index in [0.29, 0.717) is 11.1 Å². The van der Waals surface area contributed by atoms with E-state index in [4.69, 9.17) is 0 Å². The minimum atomic E-state index is -1.41. The maximum Gasteiger partial charge on any atom is 0.269 e. The smallest absolute Gasteiger partial charge is 0.269 e. The molecule has 3 N–H and O–H groups in total. The molecular formula is C17H18FN3O3. The molecule has 6 nitrogen and oxygen atoms in total. The number of aromatic nitrogens is 2. The van der Waals surface area contributed by atoms with Crippen molar-refractivity contribution < 1.29 is 14.3 Å². The zero-order chi connectivity index (χ0) is 17.1. The molecule has 1 amide bonds. The Morgan fingerprint density at radius 3 is 2.75 bits per heavy atom. The Hall–Kier alpha value is -2.54. The van der Waals surface area contributed by atoms with Crippen molar-refractivity contribution in [1.82, 2.24) is 15.5 Å². The number of H-pyrrole nitrogens is 1. The minimum Gasteiger partial charge on any atom is -0.378 e. The number of halogens is 1. The number of benzene rings is 1. The van der Waals surface area contributed by atoms with E-state index >= 15 is 0 Å². The summed E-state index contributed by atoms with van der Waals surface area (Å²) in [6.07, 6.45) is 2.17. The molecule has 0 bridgehead atoms. The molecule has 1 aliphatic rings. The maximum atomic E-state index is 12.9. The monoisotopic (exact) mass is 331 g/mol. The van der Waals surface area contributed by atoms with Crippen LogP contribution in [0.25, 0.3) is 0 Å². The summed E-state index contributed by atoms with van der Waals surface area (Å²) < 4.78 is 12.9. The van der Waals surface area contributed by atoms with Gasteiger partial charge in [0.05, 0.1) is 5.69 Å². The summed E-state index contributed by atoms with van der Waals surface area (Å²) in [7, 11) is 0. The van der Waals surface area contributed by atoms with Gasteiger partial charge in [0.1, 0.15) is 5.82 Å². The van der Waals surface area contributed by atoms with Gasteiger partial charge in [-0.05, 0) is 48.9 Å². The van der Waals surface area contributed by atoms with E-state index in [0.717, 1.165) is 36.9 Å². The van der Waals surface area contributed by atoms with Crippen molar-refractivity contribution in [2.75, 3.05) is 0 Å². The Labute approximate surface area is 137 Å². The number of aliphatic hydroxyl groups excluding tert-OH is 1. The number of aromatic amines is 1. The number of amides is 1. The van der Waals surface area contributed by atoms with Crippen molar-refractivity contribution in [1.29, 1.82) is 0 Å². The lowest BCUT2D eigenvalue weighted by Crippen LogP contribution is -2.33. The molecule has 1 atom stereocenters. The Morgan fingerprint density at radius 2 is 2.00 bits per heavy atom. The van der Waals surface area contributed by atoms with Crippen LogP contribution >= 0.6 is 0 Å². The summed E-state index contributed by atoms with van der Waals surface area (Å²) in [5, 5.41) is 19.1. The highest BCUT2D eigenvalue weighted by molar-refractivity contribution is 5.81. The number of nitrogens with one attached hydrogen (secondary N) is 2. The van der Waals surface area contributed by atoms with Crippen LogP contribution in [0.15, 0.2) is 29.1 Å². The molecule has 0 unspecified atom stereocenters. The van der Waals surface area contributed by atoms with Crippen molar-refractivity contribution in [2.45, 2.75) is 38.3 Å². The van der Waals surface area contributed by atoms with E-state index in [1.165, 1.54) is 24.3 Å². The Kier molecular flexibility index (Phi) is 4.71. The second-order valence-electron chi connectivity index (χ2n) is 5.84. The lowest BCUT2D eigenvalue weighted by Gasteiger charge is -2.18. The van der Waals surface area contributed by atoms with Gasteiger partial charge >= 0.3 is 0 Å². The molecular weight excluding hydrogens is 313 g/mol. The number of hydrogen-bond acceptors (Lipinski definition) is 4. The summed E-state index contributed by atoms with van der Waals surface area (Å²) in [5.74, 6) is -1.08. The third kappa shape index (κ3) is 3.35. The van der Waals surface area contributed by atoms with Crippen LogP contribution in [-0.4, -0.2) is 21.2 Å². The van der Waals surface area contributed by atoms with Gasteiger partial charge in [-0.25, -0.2) is 9.49 Å². The fourth-order valence-electron chi connectivity index (χ4n) is 2.92. The molecule has 126 valence electrons. The fourth-order valence-corrected chi connectivity index (χ4v) is 2.92. The van der Waals surface area contributed by atoms with Crippen molar-refractivity contribution in [3.8, 4) is 0 Å². The first-order valence-electron chi connectivity index (χ1n) is 7.87. The molecule has 24 heavy (non-hydrogen) atoms. The highest BCUT2D eigenvalue weighted by atomic mass is 19.1. The molecule has 0 spiro atoms. The van der Waals surface area contributed by atoms with Gasteiger partial charge in [0.25, 0.3) is 11.5 Å². The molecule has 1 aromatic carbocycles. The van der Waals surface area contributed by atoms with Gasteiger partial charge in [-0.15, -0.1) is 0 Å². The first-order valence-corrected chi connectivity index (χ1v) is 7.87. The molecule has 0 fully saturated rings. The number of aryl methyl sites for hydroxylation is 1. The maximum absolute atomic E-state index is 12.9. The number of aliphatic hydroxyl groups is 1.